The van der Waals surface area contributed by atoms with Gasteiger partial charge in [-0.25, -0.2) is 9.97 Å². The molecular weight excluding hydrogens is 296 g/mol. The van der Waals surface area contributed by atoms with E-state index in [1.165, 1.54) is 15.8 Å². The van der Waals surface area contributed by atoms with E-state index < -0.39 is 0 Å². The second kappa shape index (κ2) is 4.87. The number of pyridine rings is 2. The average Bonchev–Trinajstić information content (AvgIpc) is 2.86. The van der Waals surface area contributed by atoms with Gasteiger partial charge in [0.05, 0.1) is 11.7 Å². The van der Waals surface area contributed by atoms with Gasteiger partial charge in [-0.1, -0.05) is 0 Å². The van der Waals surface area contributed by atoms with Gasteiger partial charge in [0, 0.05) is 18.6 Å². The van der Waals surface area contributed by atoms with Crippen molar-refractivity contribution >= 4 is 28.3 Å². The molecule has 0 saturated carbocycles. The van der Waals surface area contributed by atoms with Crippen molar-refractivity contribution in [3.63, 3.8) is 0 Å². The van der Waals surface area contributed by atoms with Crippen LogP contribution in [0.25, 0.3) is 10.9 Å². The first-order chi connectivity index (χ1) is 11.1. The third-order valence-corrected chi connectivity index (χ3v) is 3.79. The third-order valence-electron chi connectivity index (χ3n) is 3.79. The summed E-state index contributed by atoms with van der Waals surface area (Å²) in [6, 6.07) is 5.01. The number of carbonyl (C=O) groups is 1. The number of hydrogen-bond donors (Lipinski definition) is 1. The highest BCUT2D eigenvalue weighted by atomic mass is 16.2. The third kappa shape index (κ3) is 2.03. The molecule has 3 aromatic rings. The summed E-state index contributed by atoms with van der Waals surface area (Å²) in [6.45, 7) is 0.247. The fraction of sp³-hybridized carbons (Fsp3) is 0.133. The Morgan fingerprint density at radius 2 is 2.04 bits per heavy atom. The van der Waals surface area contributed by atoms with Crippen LogP contribution < -0.4 is 10.9 Å². The van der Waals surface area contributed by atoms with Gasteiger partial charge in [0.15, 0.2) is 0 Å². The summed E-state index contributed by atoms with van der Waals surface area (Å²) in [6.07, 6.45) is 4.68. The highest BCUT2D eigenvalue weighted by Gasteiger charge is 2.26. The lowest BCUT2D eigenvalue weighted by Gasteiger charge is -2.09. The molecule has 1 N–H and O–H groups in total. The largest absolute Gasteiger partial charge is 0.335 e. The summed E-state index contributed by atoms with van der Waals surface area (Å²) in [5.74, 6) is 0.361. The van der Waals surface area contributed by atoms with Crippen molar-refractivity contribution in [2.45, 2.75) is 6.67 Å². The number of fused-ring (bicyclic) bond motifs is 2. The molecular formula is C15H12N6O2. The van der Waals surface area contributed by atoms with Crippen LogP contribution in [-0.2, 0) is 6.67 Å². The number of anilines is 2. The SMILES string of the molecule is CN1Cn2c(ccc(Nc3ncnc4cnccc34)c2=O)C1=O. The molecule has 4 rings (SSSR count). The summed E-state index contributed by atoms with van der Waals surface area (Å²) >= 11 is 0. The molecule has 8 nitrogen and oxygen atoms in total. The molecule has 0 unspecified atom stereocenters. The smallest absolute Gasteiger partial charge is 0.276 e. The van der Waals surface area contributed by atoms with Crippen LogP contribution >= 0.6 is 0 Å². The van der Waals surface area contributed by atoms with Gasteiger partial charge in [-0.05, 0) is 18.2 Å². The molecule has 0 spiro atoms. The molecule has 1 aliphatic heterocycles. The van der Waals surface area contributed by atoms with Crippen LogP contribution in [0.1, 0.15) is 10.5 Å². The molecule has 23 heavy (non-hydrogen) atoms. The van der Waals surface area contributed by atoms with Gasteiger partial charge in [-0.2, -0.15) is 0 Å². The van der Waals surface area contributed by atoms with Crippen LogP contribution in [0.2, 0.25) is 0 Å². The van der Waals surface area contributed by atoms with Crippen LogP contribution in [0, 0.1) is 0 Å². The highest BCUT2D eigenvalue weighted by molar-refractivity contribution is 5.94. The van der Waals surface area contributed by atoms with Crippen LogP contribution in [0.5, 0.6) is 0 Å². The maximum absolute atomic E-state index is 12.6. The topological polar surface area (TPSA) is 93.0 Å². The summed E-state index contributed by atoms with van der Waals surface area (Å²) in [5, 5.41) is 3.80. The van der Waals surface area contributed by atoms with E-state index in [2.05, 4.69) is 20.3 Å². The van der Waals surface area contributed by atoms with Crippen LogP contribution in [0.4, 0.5) is 11.5 Å². The Labute approximate surface area is 130 Å². The first kappa shape index (κ1) is 13.4. The second-order valence-corrected chi connectivity index (χ2v) is 5.25. The molecule has 3 aromatic heterocycles. The molecule has 0 atom stereocenters. The van der Waals surface area contributed by atoms with Gasteiger partial charge in [-0.3, -0.25) is 19.1 Å². The summed E-state index contributed by atoms with van der Waals surface area (Å²) in [5.41, 5.74) is 1.16. The number of nitrogens with zero attached hydrogens (tertiary/aromatic N) is 5. The van der Waals surface area contributed by atoms with Crippen LogP contribution in [0.3, 0.4) is 0 Å². The quantitative estimate of drug-likeness (QED) is 0.758. The Morgan fingerprint density at radius 1 is 1.17 bits per heavy atom. The average molecular weight is 308 g/mol. The lowest BCUT2D eigenvalue weighted by Crippen LogP contribution is -2.24. The predicted molar refractivity (Wildman–Crippen MR) is 83.4 cm³/mol. The van der Waals surface area contributed by atoms with Crippen molar-refractivity contribution in [1.29, 1.82) is 0 Å². The monoisotopic (exact) mass is 308 g/mol. The number of aromatic nitrogens is 4. The molecule has 114 valence electrons. The number of hydrogen-bond acceptors (Lipinski definition) is 6. The van der Waals surface area contributed by atoms with Gasteiger partial charge in [-0.15, -0.1) is 0 Å². The molecule has 0 aromatic carbocycles. The number of rotatable bonds is 2. The highest BCUT2D eigenvalue weighted by Crippen LogP contribution is 2.21. The fourth-order valence-corrected chi connectivity index (χ4v) is 2.61. The Hall–Kier alpha value is -3.29. The first-order valence-corrected chi connectivity index (χ1v) is 6.96. The lowest BCUT2D eigenvalue weighted by atomic mass is 10.2. The Balaban J connectivity index is 1.80. The van der Waals surface area contributed by atoms with E-state index in [-0.39, 0.29) is 18.1 Å². The van der Waals surface area contributed by atoms with Crippen molar-refractivity contribution in [2.24, 2.45) is 0 Å². The normalized spacial score (nSPS) is 13.4. The van der Waals surface area contributed by atoms with E-state index in [0.717, 1.165) is 5.39 Å². The maximum Gasteiger partial charge on any atom is 0.276 e. The van der Waals surface area contributed by atoms with Crippen LogP contribution in [-0.4, -0.2) is 37.4 Å². The van der Waals surface area contributed by atoms with Gasteiger partial charge in [0.25, 0.3) is 11.5 Å². The molecule has 0 radical (unpaired) electrons. The molecule has 0 bridgehead atoms. The minimum Gasteiger partial charge on any atom is -0.335 e. The van der Waals surface area contributed by atoms with Crippen LogP contribution in [0.15, 0.2) is 41.7 Å². The minimum atomic E-state index is -0.263. The number of amides is 1. The van der Waals surface area contributed by atoms with Crippen molar-refractivity contribution < 1.29 is 4.79 Å². The Morgan fingerprint density at radius 3 is 2.91 bits per heavy atom. The Bertz CT molecular complexity index is 991. The van der Waals surface area contributed by atoms with Crippen molar-refractivity contribution in [1.82, 2.24) is 24.4 Å². The molecule has 1 aliphatic rings. The van der Waals surface area contributed by atoms with Crippen molar-refractivity contribution in [2.75, 3.05) is 12.4 Å². The number of carbonyl (C=O) groups excluding carboxylic acids is 1. The molecule has 1 amide bonds. The molecule has 4 heterocycles. The van der Waals surface area contributed by atoms with Crippen molar-refractivity contribution in [3.8, 4) is 0 Å². The summed E-state index contributed by atoms with van der Waals surface area (Å²) in [4.78, 5) is 38.3. The van der Waals surface area contributed by atoms with Gasteiger partial charge < -0.3 is 10.2 Å². The first-order valence-electron chi connectivity index (χ1n) is 6.96. The van der Waals surface area contributed by atoms with Gasteiger partial charge >= 0.3 is 0 Å². The van der Waals surface area contributed by atoms with E-state index in [9.17, 15) is 9.59 Å². The minimum absolute atomic E-state index is 0.160. The zero-order chi connectivity index (χ0) is 16.0. The van der Waals surface area contributed by atoms with E-state index >= 15 is 0 Å². The van der Waals surface area contributed by atoms with E-state index in [1.807, 2.05) is 0 Å². The van der Waals surface area contributed by atoms with Crippen molar-refractivity contribution in [3.05, 3.63) is 53.0 Å². The lowest BCUT2D eigenvalue weighted by molar-refractivity contribution is 0.0811. The zero-order valence-electron chi connectivity index (χ0n) is 12.2. The molecule has 8 heteroatoms. The maximum atomic E-state index is 12.6. The molecule has 0 aliphatic carbocycles. The summed E-state index contributed by atoms with van der Waals surface area (Å²) in [7, 11) is 1.66. The summed E-state index contributed by atoms with van der Waals surface area (Å²) < 4.78 is 1.44. The van der Waals surface area contributed by atoms with Gasteiger partial charge in [0.1, 0.15) is 30.2 Å². The fourth-order valence-electron chi connectivity index (χ4n) is 2.61. The predicted octanol–water partition coefficient (Wildman–Crippen LogP) is 0.973. The Kier molecular flexibility index (Phi) is 2.83. The second-order valence-electron chi connectivity index (χ2n) is 5.25. The zero-order valence-corrected chi connectivity index (χ0v) is 12.2. The van der Waals surface area contributed by atoms with E-state index in [4.69, 9.17) is 0 Å². The van der Waals surface area contributed by atoms with E-state index in [0.29, 0.717) is 22.7 Å². The standard InChI is InChI=1S/C15H12N6O2/c1-20-8-21-12(15(20)23)3-2-10(14(21)22)19-13-9-4-5-16-6-11(9)17-7-18-13/h2-7H,8H2,1H3,(H,17,18,19). The number of nitrogens with one attached hydrogen (secondary N) is 1. The molecule has 0 fully saturated rings. The molecule has 0 saturated heterocycles. The van der Waals surface area contributed by atoms with Gasteiger partial charge in [0.2, 0.25) is 0 Å². The van der Waals surface area contributed by atoms with E-state index in [1.54, 1.807) is 37.6 Å².